The Labute approximate surface area is 247 Å². The van der Waals surface area contributed by atoms with Gasteiger partial charge in [-0.05, 0) is 73.7 Å². The van der Waals surface area contributed by atoms with Gasteiger partial charge in [-0.25, -0.2) is 0 Å². The Morgan fingerprint density at radius 2 is 1.88 bits per heavy atom. The number of hydrogen-bond donors (Lipinski definition) is 1. The van der Waals surface area contributed by atoms with E-state index in [2.05, 4.69) is 23.3 Å². The Morgan fingerprint density at radius 1 is 1.22 bits per heavy atom. The molecule has 2 aliphatic rings. The minimum atomic E-state index is -1.20. The first-order chi connectivity index (χ1) is 18.9. The van der Waals surface area contributed by atoms with Crippen molar-refractivity contribution in [3.05, 3.63) is 12.2 Å². The molecule has 5 unspecified atom stereocenters. The molecule has 0 spiro atoms. The van der Waals surface area contributed by atoms with Crippen LogP contribution in [0.25, 0.3) is 0 Å². The van der Waals surface area contributed by atoms with E-state index in [0.29, 0.717) is 26.2 Å². The van der Waals surface area contributed by atoms with Crippen LogP contribution in [-0.4, -0.2) is 123 Å². The van der Waals surface area contributed by atoms with Gasteiger partial charge in [0.1, 0.15) is 24.2 Å². The van der Waals surface area contributed by atoms with Gasteiger partial charge in [0.2, 0.25) is 0 Å². The first kappa shape index (κ1) is 35.8. The summed E-state index contributed by atoms with van der Waals surface area (Å²) in [5, 5.41) is 9.99. The molecule has 2 fully saturated rings. The maximum absolute atomic E-state index is 13.8. The van der Waals surface area contributed by atoms with Crippen LogP contribution in [0.2, 0.25) is 0 Å². The van der Waals surface area contributed by atoms with Gasteiger partial charge in [-0.3, -0.25) is 9.59 Å². The molecule has 0 aromatic rings. The van der Waals surface area contributed by atoms with E-state index in [1.807, 2.05) is 35.0 Å². The van der Waals surface area contributed by atoms with Crippen molar-refractivity contribution in [1.82, 2.24) is 9.80 Å². The normalized spacial score (nSPS) is 31.7. The maximum atomic E-state index is 13.8. The number of ether oxygens (including phenoxy) is 5. The van der Waals surface area contributed by atoms with Crippen molar-refractivity contribution in [2.75, 3.05) is 60.7 Å². The highest BCUT2D eigenvalue weighted by molar-refractivity contribution is 5.99. The second-order valence-electron chi connectivity index (χ2n) is 13.5. The van der Waals surface area contributed by atoms with Gasteiger partial charge in [0, 0.05) is 31.5 Å². The summed E-state index contributed by atoms with van der Waals surface area (Å²) in [4.78, 5) is 31.0. The largest absolute Gasteiger partial charge is 0.462 e. The minimum absolute atomic E-state index is 0.0229. The topological polar surface area (TPSA) is 107 Å². The van der Waals surface area contributed by atoms with E-state index in [9.17, 15) is 14.7 Å². The molecule has 0 radical (unpaired) electrons. The van der Waals surface area contributed by atoms with E-state index in [1.165, 1.54) is 6.92 Å². The molecular weight excluding hydrogens is 528 g/mol. The summed E-state index contributed by atoms with van der Waals surface area (Å²) in [7, 11) is 6.11. The summed E-state index contributed by atoms with van der Waals surface area (Å²) in [5.74, 6) is -2.50. The Kier molecular flexibility index (Phi) is 13.4. The molecule has 8 atom stereocenters. The lowest BCUT2D eigenvalue weighted by molar-refractivity contribution is -0.264. The fourth-order valence-corrected chi connectivity index (χ4v) is 5.68. The second kappa shape index (κ2) is 15.4. The van der Waals surface area contributed by atoms with Crippen LogP contribution >= 0.6 is 0 Å². The number of rotatable bonds is 10. The van der Waals surface area contributed by atoms with E-state index < -0.39 is 41.4 Å². The number of hydrogen-bond acceptors (Lipinski definition) is 10. The highest BCUT2D eigenvalue weighted by atomic mass is 16.7. The molecule has 1 N–H and O–H groups in total. The molecule has 0 amide bonds. The van der Waals surface area contributed by atoms with E-state index in [-0.39, 0.29) is 37.1 Å². The highest BCUT2D eigenvalue weighted by Crippen LogP contribution is 2.34. The Hall–Kier alpha value is -1.40. The summed E-state index contributed by atoms with van der Waals surface area (Å²) in [6, 6.07) is 0.257. The summed E-state index contributed by atoms with van der Waals surface area (Å²) >= 11 is 0. The third-order valence-electron chi connectivity index (χ3n) is 7.86. The number of likely N-dealkylation sites (N-methyl/N-ethyl adjacent to an activating group) is 1. The van der Waals surface area contributed by atoms with Crippen LogP contribution in [0.4, 0.5) is 0 Å². The van der Waals surface area contributed by atoms with E-state index in [4.69, 9.17) is 23.7 Å². The van der Waals surface area contributed by atoms with Crippen LogP contribution in [0.5, 0.6) is 0 Å². The molecule has 0 aromatic heterocycles. The standard InChI is InChI=1S/C31H56N2O8/c1-20-14-33(11)18-31(8,39-17-21(2)16-37-15-20)28(41-26-13-25(32(9)10)12-22(3)40-26)23(4)27(34)24(5)29(35)38-19-30(6,7)36/h20,22-26,28,36H,2,12-19H2,1,3-11H3/t20?,22?,23-,24?,25?,26?,28+,31+/m0/s1. The van der Waals surface area contributed by atoms with E-state index in [1.54, 1.807) is 20.8 Å². The lowest BCUT2D eigenvalue weighted by atomic mass is 9.82. The Morgan fingerprint density at radius 3 is 2.49 bits per heavy atom. The minimum Gasteiger partial charge on any atom is -0.462 e. The van der Waals surface area contributed by atoms with Gasteiger partial charge >= 0.3 is 5.97 Å². The lowest BCUT2D eigenvalue weighted by Crippen LogP contribution is -2.58. The van der Waals surface area contributed by atoms with Gasteiger partial charge in [-0.2, -0.15) is 0 Å². The molecule has 238 valence electrons. The number of esters is 1. The second-order valence-corrected chi connectivity index (χ2v) is 13.5. The molecule has 0 aliphatic carbocycles. The number of carbonyl (C=O) groups excluding carboxylic acids is 2. The monoisotopic (exact) mass is 584 g/mol. The molecule has 2 rings (SSSR count). The maximum Gasteiger partial charge on any atom is 0.316 e. The van der Waals surface area contributed by atoms with Crippen LogP contribution in [0.15, 0.2) is 12.2 Å². The van der Waals surface area contributed by atoms with Gasteiger partial charge in [-0.15, -0.1) is 0 Å². The van der Waals surface area contributed by atoms with E-state index >= 15 is 0 Å². The lowest BCUT2D eigenvalue weighted by Gasteiger charge is -2.46. The zero-order valence-electron chi connectivity index (χ0n) is 27.1. The number of ketones is 1. The van der Waals surface area contributed by atoms with Crippen molar-refractivity contribution >= 4 is 11.8 Å². The van der Waals surface area contributed by atoms with Crippen molar-refractivity contribution < 1.29 is 38.4 Å². The molecule has 2 saturated heterocycles. The van der Waals surface area contributed by atoms with Gasteiger partial charge in [-0.1, -0.05) is 20.4 Å². The molecule has 0 bridgehead atoms. The van der Waals surface area contributed by atoms with Crippen molar-refractivity contribution in [3.8, 4) is 0 Å². The third-order valence-corrected chi connectivity index (χ3v) is 7.86. The molecule has 2 heterocycles. The number of carbonyl (C=O) groups is 2. The van der Waals surface area contributed by atoms with E-state index in [0.717, 1.165) is 18.5 Å². The number of aliphatic hydroxyl groups is 1. The Bertz CT molecular complexity index is 875. The quantitative estimate of drug-likeness (QED) is 0.234. The predicted octanol–water partition coefficient (Wildman–Crippen LogP) is 2.91. The van der Waals surface area contributed by atoms with Gasteiger partial charge < -0.3 is 38.6 Å². The van der Waals surface area contributed by atoms with Crippen molar-refractivity contribution in [2.24, 2.45) is 17.8 Å². The third kappa shape index (κ3) is 11.3. The van der Waals surface area contributed by atoms with Gasteiger partial charge in [0.05, 0.1) is 31.5 Å². The molecule has 10 nitrogen and oxygen atoms in total. The van der Waals surface area contributed by atoms with Crippen molar-refractivity contribution in [1.29, 1.82) is 0 Å². The molecule has 2 aliphatic heterocycles. The highest BCUT2D eigenvalue weighted by Gasteiger charge is 2.47. The summed E-state index contributed by atoms with van der Waals surface area (Å²) in [6.07, 6.45) is 0.194. The van der Waals surface area contributed by atoms with Crippen molar-refractivity contribution in [2.45, 2.75) is 97.0 Å². The van der Waals surface area contributed by atoms with Crippen LogP contribution in [0.1, 0.15) is 61.3 Å². The zero-order valence-corrected chi connectivity index (χ0v) is 27.1. The summed E-state index contributed by atoms with van der Waals surface area (Å²) in [5.41, 5.74) is -1.35. The summed E-state index contributed by atoms with van der Waals surface area (Å²) < 4.78 is 30.7. The fourth-order valence-electron chi connectivity index (χ4n) is 5.68. The average Bonchev–Trinajstić information content (AvgIpc) is 2.88. The fraction of sp³-hybridized carbons (Fsp3) is 0.871. The molecule has 41 heavy (non-hydrogen) atoms. The zero-order chi connectivity index (χ0) is 31.1. The smallest absolute Gasteiger partial charge is 0.316 e. The average molecular weight is 585 g/mol. The molecular formula is C31H56N2O8. The van der Waals surface area contributed by atoms with Crippen LogP contribution in [-0.2, 0) is 33.3 Å². The van der Waals surface area contributed by atoms with Crippen LogP contribution < -0.4 is 0 Å². The van der Waals surface area contributed by atoms with Gasteiger partial charge in [0.25, 0.3) is 0 Å². The predicted molar refractivity (Wildman–Crippen MR) is 157 cm³/mol. The molecule has 0 aromatic carbocycles. The summed E-state index contributed by atoms with van der Waals surface area (Å²) in [6.45, 7) is 18.9. The van der Waals surface area contributed by atoms with Crippen LogP contribution in [0.3, 0.4) is 0 Å². The molecule has 0 saturated carbocycles. The first-order valence-corrected chi connectivity index (χ1v) is 14.9. The van der Waals surface area contributed by atoms with Crippen LogP contribution in [0, 0.1) is 17.8 Å². The number of Topliss-reactive ketones (excluding diaryl/α,β-unsaturated/α-hetero) is 1. The first-order valence-electron chi connectivity index (χ1n) is 14.9. The van der Waals surface area contributed by atoms with Gasteiger partial charge in [0.15, 0.2) is 12.1 Å². The SMILES string of the molecule is C=C1COCC(C)CN(C)C[C@](C)([C@H](OC2CC(N(C)C)CC(C)O2)[C@@H](C)C(=O)C(C)C(=O)OCC(C)(C)O)OC1. The number of nitrogens with zero attached hydrogens (tertiary/aromatic N) is 2. The van der Waals surface area contributed by atoms with Crippen molar-refractivity contribution in [3.63, 3.8) is 0 Å². The Balaban J connectivity index is 2.42. The molecule has 10 heteroatoms.